The molecule has 2 aromatic rings. The Morgan fingerprint density at radius 2 is 1.80 bits per heavy atom. The van der Waals surface area contributed by atoms with Gasteiger partial charge in [-0.3, -0.25) is 9.69 Å². The second kappa shape index (κ2) is 5.15. The molecule has 2 aromatic carbocycles. The first-order valence-electron chi connectivity index (χ1n) is 8.30. The Kier molecular flexibility index (Phi) is 3.26. The monoisotopic (exact) mass is 339 g/mol. The van der Waals surface area contributed by atoms with Gasteiger partial charge in [-0.1, -0.05) is 25.5 Å². The van der Waals surface area contributed by atoms with Crippen molar-refractivity contribution < 1.29 is 18.7 Å². The van der Waals surface area contributed by atoms with Crippen LogP contribution in [-0.4, -0.2) is 22.8 Å². The maximum atomic E-state index is 13.4. The maximum Gasteiger partial charge on any atom is 0.331 e. The summed E-state index contributed by atoms with van der Waals surface area (Å²) in [6.45, 7) is 5.69. The summed E-state index contributed by atoms with van der Waals surface area (Å²) in [6, 6.07) is 10.6. The molecule has 0 radical (unpaired) electrons. The highest BCUT2D eigenvalue weighted by molar-refractivity contribution is 6.04. The van der Waals surface area contributed by atoms with Gasteiger partial charge in [0.2, 0.25) is 5.72 Å². The van der Waals surface area contributed by atoms with Crippen molar-refractivity contribution in [2.45, 2.75) is 32.5 Å². The molecular formula is C20H18FNO3. The Morgan fingerprint density at radius 3 is 2.44 bits per heavy atom. The number of carbonyl (C=O) groups is 2. The molecule has 0 spiro atoms. The summed E-state index contributed by atoms with van der Waals surface area (Å²) >= 11 is 0. The zero-order chi connectivity index (χ0) is 17.9. The van der Waals surface area contributed by atoms with Crippen molar-refractivity contribution in [2.75, 3.05) is 0 Å². The lowest BCUT2D eigenvalue weighted by Gasteiger charge is -2.33. The van der Waals surface area contributed by atoms with Gasteiger partial charge in [0.05, 0.1) is 0 Å². The first kappa shape index (κ1) is 15.8. The number of benzene rings is 2. The number of nitrogens with zero attached hydrogens (tertiary/aromatic N) is 1. The van der Waals surface area contributed by atoms with Gasteiger partial charge in [0.15, 0.2) is 0 Å². The van der Waals surface area contributed by atoms with E-state index < -0.39 is 17.7 Å². The normalized spacial score (nSPS) is 24.5. The number of carbonyl (C=O) groups excluding carboxylic acids is 2. The number of aryl methyl sites for hydroxylation is 1. The van der Waals surface area contributed by atoms with E-state index in [1.165, 1.54) is 17.0 Å². The van der Waals surface area contributed by atoms with Crippen LogP contribution in [0, 0.1) is 18.7 Å². The topological polar surface area (TPSA) is 46.6 Å². The van der Waals surface area contributed by atoms with E-state index in [4.69, 9.17) is 4.74 Å². The van der Waals surface area contributed by atoms with Crippen molar-refractivity contribution >= 4 is 11.9 Å². The Labute approximate surface area is 145 Å². The molecule has 5 heteroatoms. The average molecular weight is 339 g/mol. The fourth-order valence-electron chi connectivity index (χ4n) is 3.86. The maximum absolute atomic E-state index is 13.4. The summed E-state index contributed by atoms with van der Waals surface area (Å²) in [7, 11) is 0. The molecule has 4 nitrogen and oxygen atoms in total. The van der Waals surface area contributed by atoms with Crippen LogP contribution >= 0.6 is 0 Å². The Hall–Kier alpha value is -2.69. The highest BCUT2D eigenvalue weighted by Gasteiger charge is 2.63. The zero-order valence-electron chi connectivity index (χ0n) is 14.2. The van der Waals surface area contributed by atoms with Gasteiger partial charge < -0.3 is 4.74 Å². The minimum absolute atomic E-state index is 0.103. The second-order valence-electron chi connectivity index (χ2n) is 6.99. The molecule has 1 fully saturated rings. The van der Waals surface area contributed by atoms with Crippen LogP contribution in [0.1, 0.15) is 40.9 Å². The molecule has 1 amide bonds. The van der Waals surface area contributed by atoms with Crippen LogP contribution in [0.2, 0.25) is 0 Å². The molecule has 2 aliphatic rings. The van der Waals surface area contributed by atoms with Crippen molar-refractivity contribution in [1.82, 2.24) is 4.90 Å². The smallest absolute Gasteiger partial charge is 0.331 e. The molecule has 1 saturated heterocycles. The zero-order valence-corrected chi connectivity index (χ0v) is 14.2. The molecule has 2 heterocycles. The Bertz CT molecular complexity index is 890. The summed E-state index contributed by atoms with van der Waals surface area (Å²) in [5, 5.41) is 0. The first-order valence-corrected chi connectivity index (χ1v) is 8.30. The van der Waals surface area contributed by atoms with Gasteiger partial charge in [-0.05, 0) is 49.2 Å². The molecule has 4 rings (SSSR count). The van der Waals surface area contributed by atoms with E-state index in [9.17, 15) is 14.0 Å². The van der Waals surface area contributed by atoms with E-state index >= 15 is 0 Å². The molecule has 2 atom stereocenters. The summed E-state index contributed by atoms with van der Waals surface area (Å²) in [5.74, 6) is -1.15. The second-order valence-corrected chi connectivity index (χ2v) is 6.99. The van der Waals surface area contributed by atoms with E-state index in [0.717, 1.165) is 5.56 Å². The fourth-order valence-corrected chi connectivity index (χ4v) is 3.86. The molecule has 2 aliphatic heterocycles. The third-order valence-electron chi connectivity index (χ3n) is 4.96. The molecule has 25 heavy (non-hydrogen) atoms. The molecule has 0 aliphatic carbocycles. The summed E-state index contributed by atoms with van der Waals surface area (Å²) in [6.07, 6.45) is 0. The van der Waals surface area contributed by atoms with Gasteiger partial charge in [-0.2, -0.15) is 0 Å². The lowest BCUT2D eigenvalue weighted by atomic mass is 9.92. The van der Waals surface area contributed by atoms with Crippen molar-refractivity contribution in [3.63, 3.8) is 0 Å². The van der Waals surface area contributed by atoms with Crippen molar-refractivity contribution in [3.8, 4) is 0 Å². The first-order chi connectivity index (χ1) is 11.9. The molecule has 0 bridgehead atoms. The van der Waals surface area contributed by atoms with Crippen LogP contribution in [0.3, 0.4) is 0 Å². The van der Waals surface area contributed by atoms with E-state index in [0.29, 0.717) is 16.7 Å². The summed E-state index contributed by atoms with van der Waals surface area (Å²) in [4.78, 5) is 27.3. The Morgan fingerprint density at radius 1 is 1.12 bits per heavy atom. The predicted octanol–water partition coefficient (Wildman–Crippen LogP) is 3.37. The predicted molar refractivity (Wildman–Crippen MR) is 89.2 cm³/mol. The highest BCUT2D eigenvalue weighted by Crippen LogP contribution is 2.51. The quantitative estimate of drug-likeness (QED) is 0.788. The van der Waals surface area contributed by atoms with Gasteiger partial charge in [0, 0.05) is 16.7 Å². The van der Waals surface area contributed by atoms with Crippen LogP contribution in [0.15, 0.2) is 42.5 Å². The van der Waals surface area contributed by atoms with E-state index in [1.54, 1.807) is 18.2 Å². The Balaban J connectivity index is 2.03. The van der Waals surface area contributed by atoms with Crippen molar-refractivity contribution in [2.24, 2.45) is 5.92 Å². The lowest BCUT2D eigenvalue weighted by Crippen LogP contribution is -2.46. The number of esters is 1. The van der Waals surface area contributed by atoms with Gasteiger partial charge in [-0.15, -0.1) is 0 Å². The number of hydrogen-bond acceptors (Lipinski definition) is 3. The van der Waals surface area contributed by atoms with Crippen molar-refractivity contribution in [3.05, 3.63) is 70.5 Å². The third kappa shape index (κ3) is 1.98. The van der Waals surface area contributed by atoms with Gasteiger partial charge in [0.25, 0.3) is 5.91 Å². The minimum atomic E-state index is -1.32. The summed E-state index contributed by atoms with van der Waals surface area (Å²) < 4.78 is 19.3. The van der Waals surface area contributed by atoms with Crippen LogP contribution < -0.4 is 0 Å². The van der Waals surface area contributed by atoms with Gasteiger partial charge >= 0.3 is 5.97 Å². The number of fused-ring (bicyclic) bond motifs is 3. The van der Waals surface area contributed by atoms with Crippen LogP contribution in [0.4, 0.5) is 4.39 Å². The largest absolute Gasteiger partial charge is 0.428 e. The molecule has 0 N–H and O–H groups in total. The minimum Gasteiger partial charge on any atom is -0.428 e. The SMILES string of the molecule is Cc1ccc2c(c1)[C@@]1(c3ccc(F)cc3)OC(=O)[C@H](C(C)C)N1C2=O. The number of halogens is 1. The number of amides is 1. The van der Waals surface area contributed by atoms with Gasteiger partial charge in [0.1, 0.15) is 11.9 Å². The molecule has 128 valence electrons. The van der Waals surface area contributed by atoms with E-state index in [-0.39, 0.29) is 17.6 Å². The number of ether oxygens (including phenoxy) is 1. The third-order valence-corrected chi connectivity index (χ3v) is 4.96. The van der Waals surface area contributed by atoms with Crippen LogP contribution in [0.25, 0.3) is 0 Å². The number of hydrogen-bond donors (Lipinski definition) is 0. The highest BCUT2D eigenvalue weighted by atomic mass is 19.1. The lowest BCUT2D eigenvalue weighted by molar-refractivity contribution is -0.149. The summed E-state index contributed by atoms with van der Waals surface area (Å²) in [5.41, 5.74) is 1.37. The van der Waals surface area contributed by atoms with E-state index in [2.05, 4.69) is 0 Å². The molecule has 0 aromatic heterocycles. The van der Waals surface area contributed by atoms with Crippen LogP contribution in [-0.2, 0) is 15.3 Å². The standard InChI is InChI=1S/C20H18FNO3/c1-11(2)17-19(24)25-20(13-5-7-14(21)8-6-13)16-10-12(3)4-9-15(16)18(23)22(17)20/h4-11,17H,1-3H3/t17-,20+/m0/s1. The molecular weight excluding hydrogens is 321 g/mol. The molecule has 0 unspecified atom stereocenters. The molecule has 0 saturated carbocycles. The van der Waals surface area contributed by atoms with E-state index in [1.807, 2.05) is 32.9 Å². The fraction of sp³-hybridized carbons (Fsp3) is 0.300. The van der Waals surface area contributed by atoms with Crippen molar-refractivity contribution in [1.29, 1.82) is 0 Å². The number of rotatable bonds is 2. The average Bonchev–Trinajstić information content (AvgIpc) is 2.99. The van der Waals surface area contributed by atoms with Gasteiger partial charge in [-0.25, -0.2) is 9.18 Å². The van der Waals surface area contributed by atoms with Crippen LogP contribution in [0.5, 0.6) is 0 Å².